The summed E-state index contributed by atoms with van der Waals surface area (Å²) < 4.78 is 5.13. The van der Waals surface area contributed by atoms with Gasteiger partial charge >= 0.3 is 12.0 Å². The summed E-state index contributed by atoms with van der Waals surface area (Å²) in [6.45, 7) is 0.441. The van der Waals surface area contributed by atoms with E-state index in [2.05, 4.69) is 4.98 Å². The molecule has 0 aliphatic carbocycles. The van der Waals surface area contributed by atoms with E-state index in [1.165, 1.54) is 0 Å². The van der Waals surface area contributed by atoms with Crippen LogP contribution in [0.5, 0.6) is 5.88 Å². The number of thiazole rings is 1. The van der Waals surface area contributed by atoms with E-state index in [9.17, 15) is 14.9 Å². The largest absolute Gasteiger partial charge is 0.494 e. The van der Waals surface area contributed by atoms with Gasteiger partial charge in [-0.3, -0.25) is 9.78 Å². The number of H-pyrrole nitrogens is 1. The first-order valence-electron chi connectivity index (χ1n) is 5.96. The van der Waals surface area contributed by atoms with E-state index in [1.54, 1.807) is 0 Å². The van der Waals surface area contributed by atoms with Gasteiger partial charge in [-0.1, -0.05) is 29.5 Å². The molecule has 3 rings (SSSR count). The lowest BCUT2D eigenvalue weighted by atomic mass is 9.78. The van der Waals surface area contributed by atoms with Gasteiger partial charge in [0.05, 0.1) is 11.5 Å². The number of rotatable bonds is 3. The van der Waals surface area contributed by atoms with Gasteiger partial charge < -0.3 is 14.8 Å². The molecule has 0 saturated heterocycles. The Kier molecular flexibility index (Phi) is 3.18. The number of fused-ring (bicyclic) bond motifs is 1. The van der Waals surface area contributed by atoms with Crippen molar-refractivity contribution >= 4 is 23.9 Å². The topological polar surface area (TPSA) is 82.6 Å². The highest BCUT2D eigenvalue weighted by atomic mass is 32.1. The van der Waals surface area contributed by atoms with Crippen molar-refractivity contribution in [2.75, 3.05) is 0 Å². The van der Waals surface area contributed by atoms with Crippen LogP contribution in [0.15, 0.2) is 23.0 Å². The highest BCUT2D eigenvalue weighted by Gasteiger charge is 2.27. The fourth-order valence-electron chi connectivity index (χ4n) is 2.20. The molecule has 0 fully saturated rings. The van der Waals surface area contributed by atoms with Crippen LogP contribution in [0.4, 0.5) is 0 Å². The molecule has 0 amide bonds. The molecule has 7 heteroatoms. The third-order valence-corrected chi connectivity index (χ3v) is 4.15. The van der Waals surface area contributed by atoms with Crippen LogP contribution in [0.2, 0.25) is 0 Å². The van der Waals surface area contributed by atoms with Crippen molar-refractivity contribution in [3.63, 3.8) is 0 Å². The minimum absolute atomic E-state index is 0.0421. The van der Waals surface area contributed by atoms with Crippen molar-refractivity contribution in [3.8, 4) is 5.88 Å². The number of benzene rings is 1. The zero-order chi connectivity index (χ0) is 13.4. The first-order valence-corrected chi connectivity index (χ1v) is 6.77. The Morgan fingerprint density at radius 3 is 3.00 bits per heavy atom. The van der Waals surface area contributed by atoms with E-state index in [1.807, 2.05) is 18.2 Å². The second kappa shape index (κ2) is 4.84. The van der Waals surface area contributed by atoms with E-state index in [4.69, 9.17) is 4.65 Å². The summed E-state index contributed by atoms with van der Waals surface area (Å²) in [5.74, 6) is -0.0421. The lowest BCUT2D eigenvalue weighted by Gasteiger charge is -2.04. The van der Waals surface area contributed by atoms with Gasteiger partial charge in [-0.15, -0.1) is 0 Å². The lowest BCUT2D eigenvalue weighted by molar-refractivity contribution is 0.275. The summed E-state index contributed by atoms with van der Waals surface area (Å²) in [7, 11) is -0.841. The second-order valence-corrected chi connectivity index (χ2v) is 5.55. The van der Waals surface area contributed by atoms with Crippen LogP contribution in [0.3, 0.4) is 0 Å². The zero-order valence-corrected chi connectivity index (χ0v) is 10.9. The SMILES string of the molecule is O=c1[nH]c(O)c(CCc2ccc3c(c2)B(O)OC3)s1. The molecule has 1 aliphatic heterocycles. The van der Waals surface area contributed by atoms with Crippen LogP contribution in [-0.2, 0) is 24.1 Å². The van der Waals surface area contributed by atoms with Gasteiger partial charge in [-0.2, -0.15) is 0 Å². The van der Waals surface area contributed by atoms with E-state index in [0.29, 0.717) is 24.3 Å². The molecular weight excluding hydrogens is 265 g/mol. The van der Waals surface area contributed by atoms with Crippen molar-refractivity contribution in [1.82, 2.24) is 4.98 Å². The van der Waals surface area contributed by atoms with Gasteiger partial charge in [-0.05, 0) is 29.4 Å². The molecule has 0 radical (unpaired) electrons. The second-order valence-electron chi connectivity index (χ2n) is 4.48. The maximum absolute atomic E-state index is 11.1. The first-order chi connectivity index (χ1) is 9.13. The van der Waals surface area contributed by atoms with Crippen LogP contribution in [0.1, 0.15) is 16.0 Å². The summed E-state index contributed by atoms with van der Waals surface area (Å²) in [4.78, 5) is 13.8. The molecule has 98 valence electrons. The normalized spacial score (nSPS) is 13.8. The number of nitrogens with one attached hydrogen (secondary N) is 1. The van der Waals surface area contributed by atoms with E-state index in [0.717, 1.165) is 27.9 Å². The fraction of sp³-hybridized carbons (Fsp3) is 0.250. The Morgan fingerprint density at radius 1 is 1.42 bits per heavy atom. The van der Waals surface area contributed by atoms with Gasteiger partial charge in [0.15, 0.2) is 0 Å². The molecule has 3 N–H and O–H groups in total. The molecule has 2 aromatic rings. The fourth-order valence-corrected chi connectivity index (χ4v) is 2.92. The van der Waals surface area contributed by atoms with Crippen molar-refractivity contribution < 1.29 is 14.8 Å². The number of aryl methyl sites for hydroxylation is 2. The van der Waals surface area contributed by atoms with Crippen molar-refractivity contribution in [1.29, 1.82) is 0 Å². The summed E-state index contributed by atoms with van der Waals surface area (Å²) in [6, 6.07) is 5.84. The lowest BCUT2D eigenvalue weighted by Crippen LogP contribution is -2.28. The van der Waals surface area contributed by atoms with Crippen LogP contribution in [0, 0.1) is 0 Å². The summed E-state index contributed by atoms with van der Waals surface area (Å²) in [6.07, 6.45) is 1.28. The number of aromatic nitrogens is 1. The van der Waals surface area contributed by atoms with Gasteiger partial charge in [-0.25, -0.2) is 0 Å². The molecule has 0 unspecified atom stereocenters. The summed E-state index contributed by atoms with van der Waals surface area (Å²) in [5, 5.41) is 19.1. The Hall–Kier alpha value is -1.57. The van der Waals surface area contributed by atoms with Crippen LogP contribution in [0.25, 0.3) is 0 Å². The van der Waals surface area contributed by atoms with E-state index >= 15 is 0 Å². The smallest absolute Gasteiger partial charge is 0.491 e. The van der Waals surface area contributed by atoms with Crippen LogP contribution in [-0.4, -0.2) is 22.2 Å². The Labute approximate surface area is 113 Å². The number of aromatic amines is 1. The molecule has 5 nitrogen and oxygen atoms in total. The Morgan fingerprint density at radius 2 is 2.26 bits per heavy atom. The van der Waals surface area contributed by atoms with E-state index < -0.39 is 7.12 Å². The molecule has 1 aromatic carbocycles. The van der Waals surface area contributed by atoms with Crippen molar-refractivity contribution in [2.45, 2.75) is 19.4 Å². The van der Waals surface area contributed by atoms with Crippen LogP contribution >= 0.6 is 11.3 Å². The minimum Gasteiger partial charge on any atom is -0.494 e. The third-order valence-electron chi connectivity index (χ3n) is 3.21. The van der Waals surface area contributed by atoms with Gasteiger partial charge in [0.1, 0.15) is 0 Å². The summed E-state index contributed by atoms with van der Waals surface area (Å²) >= 11 is 1.02. The predicted octanol–water partition coefficient (Wildman–Crippen LogP) is 0.145. The number of hydrogen-bond donors (Lipinski definition) is 3. The number of aromatic hydroxyl groups is 1. The average Bonchev–Trinajstić information content (AvgIpc) is 2.90. The minimum atomic E-state index is -0.841. The maximum Gasteiger partial charge on any atom is 0.491 e. The molecule has 1 aromatic heterocycles. The predicted molar refractivity (Wildman–Crippen MR) is 72.9 cm³/mol. The Balaban J connectivity index is 1.76. The quantitative estimate of drug-likeness (QED) is 0.697. The zero-order valence-electron chi connectivity index (χ0n) is 10.0. The summed E-state index contributed by atoms with van der Waals surface area (Å²) in [5.41, 5.74) is 2.86. The molecule has 0 bridgehead atoms. The maximum atomic E-state index is 11.1. The van der Waals surface area contributed by atoms with Crippen molar-refractivity contribution in [3.05, 3.63) is 43.9 Å². The monoisotopic (exact) mass is 277 g/mol. The van der Waals surface area contributed by atoms with Crippen molar-refractivity contribution in [2.24, 2.45) is 0 Å². The van der Waals surface area contributed by atoms with Gasteiger partial charge in [0, 0.05) is 0 Å². The average molecular weight is 277 g/mol. The molecule has 2 heterocycles. The van der Waals surface area contributed by atoms with Crippen LogP contribution < -0.4 is 10.3 Å². The van der Waals surface area contributed by atoms with Gasteiger partial charge in [0.25, 0.3) is 0 Å². The number of hydrogen-bond acceptors (Lipinski definition) is 5. The van der Waals surface area contributed by atoms with E-state index in [-0.39, 0.29) is 10.8 Å². The Bertz CT molecular complexity index is 666. The first kappa shape index (κ1) is 12.5. The third kappa shape index (κ3) is 2.44. The molecule has 0 spiro atoms. The standard InChI is InChI=1S/C12H12BNO4S/c15-11-10(19-12(16)14-11)4-2-7-1-3-8-6-18-13(17)9(8)5-7/h1,3,5,15,17H,2,4,6H2,(H,14,16). The molecule has 1 aliphatic rings. The molecular formula is C12H12BNO4S. The van der Waals surface area contributed by atoms with Gasteiger partial charge in [0.2, 0.25) is 5.88 Å². The molecule has 0 atom stereocenters. The highest BCUT2D eigenvalue weighted by Crippen LogP contribution is 2.19. The highest BCUT2D eigenvalue weighted by molar-refractivity contribution is 7.09. The molecule has 0 saturated carbocycles. The molecule has 19 heavy (non-hydrogen) atoms.